The third-order valence-electron chi connectivity index (χ3n) is 4.57. The summed E-state index contributed by atoms with van der Waals surface area (Å²) in [5, 5.41) is 2.60. The van der Waals surface area contributed by atoms with Gasteiger partial charge in [0.05, 0.1) is 4.47 Å². The fraction of sp³-hybridized carbons (Fsp3) is 0.278. The first kappa shape index (κ1) is 18.7. The van der Waals surface area contributed by atoms with Crippen LogP contribution in [0.25, 0.3) is 11.0 Å². The molecule has 0 aliphatic carbocycles. The number of para-hydroxylation sites is 1. The van der Waals surface area contributed by atoms with Crippen molar-refractivity contribution in [2.24, 2.45) is 0 Å². The summed E-state index contributed by atoms with van der Waals surface area (Å²) in [4.78, 5) is 14.4. The Morgan fingerprint density at radius 1 is 1.22 bits per heavy atom. The molecule has 0 saturated carbocycles. The van der Waals surface area contributed by atoms with Crippen molar-refractivity contribution in [3.05, 3.63) is 52.0 Å². The van der Waals surface area contributed by atoms with E-state index in [1.54, 1.807) is 28.5 Å². The number of carbonyl (C=O) groups is 1. The van der Waals surface area contributed by atoms with Gasteiger partial charge in [-0.05, 0) is 52.4 Å². The number of halogens is 1. The van der Waals surface area contributed by atoms with Gasteiger partial charge in [-0.25, -0.2) is 13.1 Å². The van der Waals surface area contributed by atoms with Crippen LogP contribution in [0.3, 0.4) is 0 Å². The van der Waals surface area contributed by atoms with E-state index in [4.69, 9.17) is 4.42 Å². The second-order valence-corrected chi connectivity index (χ2v) is 10.1. The Hall–Kier alpha value is -1.68. The summed E-state index contributed by atoms with van der Waals surface area (Å²) in [5.74, 6) is 0.132. The minimum atomic E-state index is -3.49. The lowest BCUT2D eigenvalue weighted by atomic mass is 10.1. The number of rotatable bonds is 4. The first-order valence-electron chi connectivity index (χ1n) is 8.47. The Morgan fingerprint density at radius 3 is 2.67 bits per heavy atom. The molecule has 1 fully saturated rings. The molecule has 142 valence electrons. The van der Waals surface area contributed by atoms with Crippen LogP contribution in [0, 0.1) is 0 Å². The topological polar surface area (TPSA) is 79.6 Å². The van der Waals surface area contributed by atoms with Crippen LogP contribution in [0.5, 0.6) is 0 Å². The number of sulfonamides is 1. The smallest absolute Gasteiger partial charge is 0.289 e. The number of benzene rings is 1. The molecular formula is C18H17BrN2O4S2. The highest BCUT2D eigenvalue weighted by molar-refractivity contribution is 9.10. The van der Waals surface area contributed by atoms with E-state index in [0.717, 1.165) is 9.86 Å². The van der Waals surface area contributed by atoms with Crippen LogP contribution >= 0.6 is 27.3 Å². The zero-order chi connectivity index (χ0) is 19.0. The van der Waals surface area contributed by atoms with Crippen molar-refractivity contribution in [3.63, 3.8) is 0 Å². The predicted molar refractivity (Wildman–Crippen MR) is 107 cm³/mol. The standard InChI is InChI=1S/C18H17BrN2O4S2/c19-14-4-1-3-12-11-15(25-17(12)14)18(22)21-8-6-13(7-9-21)20-27(23,24)16-5-2-10-26-16/h1-5,10-11,13,20H,6-9H2. The third kappa shape index (κ3) is 3.82. The fourth-order valence-corrected chi connectivity index (χ4v) is 5.96. The van der Waals surface area contributed by atoms with E-state index in [9.17, 15) is 13.2 Å². The summed E-state index contributed by atoms with van der Waals surface area (Å²) < 4.78 is 34.2. The number of nitrogens with zero attached hydrogens (tertiary/aromatic N) is 1. The monoisotopic (exact) mass is 468 g/mol. The van der Waals surface area contributed by atoms with Gasteiger partial charge in [0.1, 0.15) is 9.79 Å². The average molecular weight is 469 g/mol. The van der Waals surface area contributed by atoms with E-state index in [2.05, 4.69) is 20.7 Å². The SMILES string of the molecule is O=C(c1cc2cccc(Br)c2o1)N1CCC(NS(=O)(=O)c2cccs2)CC1. The lowest BCUT2D eigenvalue weighted by Gasteiger charge is -2.31. The molecule has 1 N–H and O–H groups in total. The molecule has 0 atom stereocenters. The quantitative estimate of drug-likeness (QED) is 0.630. The van der Waals surface area contributed by atoms with Crippen molar-refractivity contribution in [1.82, 2.24) is 9.62 Å². The van der Waals surface area contributed by atoms with Gasteiger partial charge in [0.2, 0.25) is 10.0 Å². The maximum absolute atomic E-state index is 12.7. The number of piperidine rings is 1. The Labute approximate surface area is 169 Å². The molecule has 1 aliphatic rings. The first-order valence-corrected chi connectivity index (χ1v) is 11.6. The maximum atomic E-state index is 12.7. The molecule has 9 heteroatoms. The summed E-state index contributed by atoms with van der Waals surface area (Å²) in [6.45, 7) is 0.962. The fourth-order valence-electron chi connectivity index (χ4n) is 3.18. The van der Waals surface area contributed by atoms with E-state index in [1.165, 1.54) is 11.3 Å². The van der Waals surface area contributed by atoms with Crippen LogP contribution in [-0.2, 0) is 10.0 Å². The van der Waals surface area contributed by atoms with Gasteiger partial charge in [-0.1, -0.05) is 18.2 Å². The Morgan fingerprint density at radius 2 is 2.00 bits per heavy atom. The van der Waals surface area contributed by atoms with E-state index < -0.39 is 10.0 Å². The molecule has 1 aromatic carbocycles. The van der Waals surface area contributed by atoms with E-state index >= 15 is 0 Å². The van der Waals surface area contributed by atoms with Gasteiger partial charge in [0.25, 0.3) is 5.91 Å². The Kier molecular flexibility index (Phi) is 5.11. The number of amides is 1. The molecule has 0 spiro atoms. The van der Waals surface area contributed by atoms with Crippen molar-refractivity contribution < 1.29 is 17.6 Å². The summed E-state index contributed by atoms with van der Waals surface area (Å²) in [6, 6.07) is 10.5. The molecule has 0 radical (unpaired) electrons. The predicted octanol–water partition coefficient (Wildman–Crippen LogP) is 3.84. The highest BCUT2D eigenvalue weighted by Gasteiger charge is 2.29. The number of hydrogen-bond acceptors (Lipinski definition) is 5. The van der Waals surface area contributed by atoms with Crippen molar-refractivity contribution in [1.29, 1.82) is 0 Å². The van der Waals surface area contributed by atoms with Gasteiger partial charge in [0.15, 0.2) is 5.76 Å². The number of nitrogens with one attached hydrogen (secondary N) is 1. The lowest BCUT2D eigenvalue weighted by molar-refractivity contribution is 0.0681. The van der Waals surface area contributed by atoms with Crippen LogP contribution in [0.2, 0.25) is 0 Å². The van der Waals surface area contributed by atoms with Crippen LogP contribution in [0.15, 0.2) is 54.9 Å². The van der Waals surface area contributed by atoms with Crippen LogP contribution in [-0.4, -0.2) is 38.4 Å². The molecule has 27 heavy (non-hydrogen) atoms. The van der Waals surface area contributed by atoms with E-state index in [1.807, 2.05) is 18.2 Å². The highest BCUT2D eigenvalue weighted by atomic mass is 79.9. The van der Waals surface area contributed by atoms with E-state index in [0.29, 0.717) is 41.5 Å². The number of thiophene rings is 1. The van der Waals surface area contributed by atoms with Gasteiger partial charge < -0.3 is 9.32 Å². The largest absolute Gasteiger partial charge is 0.450 e. The minimum Gasteiger partial charge on any atom is -0.450 e. The molecule has 0 bridgehead atoms. The summed E-state index contributed by atoms with van der Waals surface area (Å²) in [6.07, 6.45) is 1.14. The second-order valence-electron chi connectivity index (χ2n) is 6.39. The average Bonchev–Trinajstić information content (AvgIpc) is 3.32. The summed E-state index contributed by atoms with van der Waals surface area (Å²) >= 11 is 4.62. The van der Waals surface area contributed by atoms with Crippen molar-refractivity contribution >= 4 is 54.2 Å². The van der Waals surface area contributed by atoms with Crippen molar-refractivity contribution in [2.75, 3.05) is 13.1 Å². The van der Waals surface area contributed by atoms with Crippen LogP contribution in [0.1, 0.15) is 23.4 Å². The van der Waals surface area contributed by atoms with Gasteiger partial charge in [-0.15, -0.1) is 11.3 Å². The van der Waals surface area contributed by atoms with Gasteiger partial charge in [0, 0.05) is 24.5 Å². The number of furan rings is 1. The molecular weight excluding hydrogens is 452 g/mol. The molecule has 1 aliphatic heterocycles. The zero-order valence-corrected chi connectivity index (χ0v) is 17.4. The molecule has 2 aromatic heterocycles. The molecule has 1 saturated heterocycles. The molecule has 6 nitrogen and oxygen atoms in total. The Balaban J connectivity index is 1.41. The molecule has 1 amide bonds. The maximum Gasteiger partial charge on any atom is 0.289 e. The third-order valence-corrected chi connectivity index (χ3v) is 8.11. The normalized spacial score (nSPS) is 16.1. The van der Waals surface area contributed by atoms with Crippen LogP contribution in [0.4, 0.5) is 0 Å². The van der Waals surface area contributed by atoms with Crippen LogP contribution < -0.4 is 4.72 Å². The lowest BCUT2D eigenvalue weighted by Crippen LogP contribution is -2.46. The summed E-state index contributed by atoms with van der Waals surface area (Å²) in [5.41, 5.74) is 0.652. The number of carbonyl (C=O) groups excluding carboxylic acids is 1. The summed E-state index contributed by atoms with van der Waals surface area (Å²) in [7, 11) is -3.49. The van der Waals surface area contributed by atoms with Crippen molar-refractivity contribution in [3.8, 4) is 0 Å². The van der Waals surface area contributed by atoms with Gasteiger partial charge in [-0.3, -0.25) is 4.79 Å². The van der Waals surface area contributed by atoms with Crippen molar-refractivity contribution in [2.45, 2.75) is 23.1 Å². The van der Waals surface area contributed by atoms with Gasteiger partial charge in [-0.2, -0.15) is 0 Å². The number of likely N-dealkylation sites (tertiary alicyclic amines) is 1. The zero-order valence-electron chi connectivity index (χ0n) is 14.2. The highest BCUT2D eigenvalue weighted by Crippen LogP contribution is 2.28. The number of hydrogen-bond donors (Lipinski definition) is 1. The molecule has 3 aromatic rings. The molecule has 0 unspecified atom stereocenters. The Bertz CT molecular complexity index is 1070. The molecule has 4 rings (SSSR count). The second kappa shape index (κ2) is 7.38. The minimum absolute atomic E-state index is 0.169. The number of fused-ring (bicyclic) bond motifs is 1. The first-order chi connectivity index (χ1) is 12.9. The van der Waals surface area contributed by atoms with Gasteiger partial charge >= 0.3 is 0 Å². The molecule has 3 heterocycles. The van der Waals surface area contributed by atoms with E-state index in [-0.39, 0.29) is 11.9 Å².